The Morgan fingerprint density at radius 2 is 1.96 bits per heavy atom. The molecule has 1 amide bonds. The van der Waals surface area contributed by atoms with Crippen LogP contribution in [0.15, 0.2) is 52.1 Å². The molecule has 1 aliphatic heterocycles. The van der Waals surface area contributed by atoms with Crippen LogP contribution < -0.4 is 19.5 Å². The van der Waals surface area contributed by atoms with Crippen molar-refractivity contribution in [3.63, 3.8) is 0 Å². The SMILES string of the molecule is O=C(CSc1nnc(COc2ccc(Cl)cc2)o1)Nc1ccc2c(c1)OCO2. The average molecular weight is 420 g/mol. The maximum atomic E-state index is 12.1. The van der Waals surface area contributed by atoms with Crippen molar-refractivity contribution in [2.45, 2.75) is 11.8 Å². The lowest BCUT2D eigenvalue weighted by Gasteiger charge is -2.05. The molecule has 4 rings (SSSR count). The standard InChI is InChI=1S/C18H14ClN3O5S/c19-11-1-4-13(5-2-11)24-8-17-21-22-18(27-17)28-9-16(23)20-12-3-6-14-15(7-12)26-10-25-14/h1-7H,8-10H2,(H,20,23). The summed E-state index contributed by atoms with van der Waals surface area (Å²) in [5, 5.41) is 11.5. The molecule has 2 aromatic carbocycles. The lowest BCUT2D eigenvalue weighted by Crippen LogP contribution is -2.13. The van der Waals surface area contributed by atoms with Crippen LogP contribution in [0.3, 0.4) is 0 Å². The molecular weight excluding hydrogens is 406 g/mol. The highest BCUT2D eigenvalue weighted by Gasteiger charge is 2.15. The van der Waals surface area contributed by atoms with E-state index in [9.17, 15) is 4.79 Å². The molecule has 0 radical (unpaired) electrons. The molecule has 28 heavy (non-hydrogen) atoms. The number of benzene rings is 2. The number of anilines is 1. The van der Waals surface area contributed by atoms with Crippen LogP contribution in [0.4, 0.5) is 5.69 Å². The summed E-state index contributed by atoms with van der Waals surface area (Å²) in [5.74, 6) is 2.13. The van der Waals surface area contributed by atoms with E-state index in [1.54, 1.807) is 42.5 Å². The normalized spacial score (nSPS) is 12.0. The number of thioether (sulfide) groups is 1. The second kappa shape index (κ2) is 8.41. The van der Waals surface area contributed by atoms with Crippen molar-refractivity contribution < 1.29 is 23.4 Å². The first-order valence-electron chi connectivity index (χ1n) is 8.19. The lowest BCUT2D eigenvalue weighted by molar-refractivity contribution is -0.113. The van der Waals surface area contributed by atoms with E-state index in [2.05, 4.69) is 15.5 Å². The van der Waals surface area contributed by atoms with E-state index in [0.29, 0.717) is 33.8 Å². The number of halogens is 1. The van der Waals surface area contributed by atoms with E-state index >= 15 is 0 Å². The van der Waals surface area contributed by atoms with Gasteiger partial charge < -0.3 is 23.9 Å². The second-order valence-electron chi connectivity index (χ2n) is 5.61. The number of hydrogen-bond acceptors (Lipinski definition) is 8. The molecule has 1 aliphatic rings. The minimum atomic E-state index is -0.207. The number of rotatable bonds is 7. The molecule has 0 saturated heterocycles. The van der Waals surface area contributed by atoms with Gasteiger partial charge in [0.25, 0.3) is 11.1 Å². The first kappa shape index (κ1) is 18.5. The zero-order valence-electron chi connectivity index (χ0n) is 14.4. The van der Waals surface area contributed by atoms with Gasteiger partial charge in [0.05, 0.1) is 5.75 Å². The van der Waals surface area contributed by atoms with Gasteiger partial charge in [-0.3, -0.25) is 4.79 Å². The third kappa shape index (κ3) is 4.68. The van der Waals surface area contributed by atoms with Crippen molar-refractivity contribution in [1.29, 1.82) is 0 Å². The van der Waals surface area contributed by atoms with E-state index in [-0.39, 0.29) is 30.3 Å². The van der Waals surface area contributed by atoms with E-state index < -0.39 is 0 Å². The number of ether oxygens (including phenoxy) is 3. The van der Waals surface area contributed by atoms with E-state index in [1.165, 1.54) is 0 Å². The molecule has 10 heteroatoms. The lowest BCUT2D eigenvalue weighted by atomic mass is 10.3. The quantitative estimate of drug-likeness (QED) is 0.578. The molecule has 8 nitrogen and oxygen atoms in total. The Bertz CT molecular complexity index is 980. The van der Waals surface area contributed by atoms with Crippen LogP contribution in [-0.4, -0.2) is 28.7 Å². The van der Waals surface area contributed by atoms with Crippen LogP contribution >= 0.6 is 23.4 Å². The van der Waals surface area contributed by atoms with Gasteiger partial charge in [0, 0.05) is 16.8 Å². The van der Waals surface area contributed by atoms with Crippen molar-refractivity contribution in [3.05, 3.63) is 53.4 Å². The Labute approximate surface area is 169 Å². The van der Waals surface area contributed by atoms with Gasteiger partial charge in [-0.25, -0.2) is 0 Å². The van der Waals surface area contributed by atoms with Crippen molar-refractivity contribution in [1.82, 2.24) is 10.2 Å². The molecule has 3 aromatic rings. The number of carbonyl (C=O) groups is 1. The van der Waals surface area contributed by atoms with Crippen molar-refractivity contribution in [2.24, 2.45) is 0 Å². The van der Waals surface area contributed by atoms with Gasteiger partial charge in [-0.15, -0.1) is 10.2 Å². The van der Waals surface area contributed by atoms with Gasteiger partial charge in [0.15, 0.2) is 18.1 Å². The summed E-state index contributed by atoms with van der Waals surface area (Å²) in [5.41, 5.74) is 0.623. The zero-order chi connectivity index (χ0) is 19.3. The van der Waals surface area contributed by atoms with Crippen LogP contribution in [-0.2, 0) is 11.4 Å². The highest BCUT2D eigenvalue weighted by Crippen LogP contribution is 2.34. The Kier molecular flexibility index (Phi) is 5.54. The third-order valence-corrected chi connectivity index (χ3v) is 4.68. The summed E-state index contributed by atoms with van der Waals surface area (Å²) in [6, 6.07) is 12.1. The van der Waals surface area contributed by atoms with E-state index in [1.807, 2.05) is 0 Å². The van der Waals surface area contributed by atoms with E-state index in [4.69, 9.17) is 30.2 Å². The van der Waals surface area contributed by atoms with Gasteiger partial charge in [0.2, 0.25) is 12.7 Å². The predicted molar refractivity (Wildman–Crippen MR) is 102 cm³/mol. The molecule has 0 spiro atoms. The topological polar surface area (TPSA) is 95.7 Å². The summed E-state index contributed by atoms with van der Waals surface area (Å²) in [4.78, 5) is 12.1. The van der Waals surface area contributed by atoms with Gasteiger partial charge in [-0.2, -0.15) is 0 Å². The highest BCUT2D eigenvalue weighted by molar-refractivity contribution is 7.99. The van der Waals surface area contributed by atoms with Crippen LogP contribution in [0, 0.1) is 0 Å². The van der Waals surface area contributed by atoms with Crippen LogP contribution in [0.1, 0.15) is 5.89 Å². The van der Waals surface area contributed by atoms with Crippen molar-refractivity contribution >= 4 is 35.0 Å². The maximum absolute atomic E-state index is 12.1. The molecule has 0 aliphatic carbocycles. The summed E-state index contributed by atoms with van der Waals surface area (Å²) in [6.07, 6.45) is 0. The number of carbonyl (C=O) groups excluding carboxylic acids is 1. The molecule has 0 saturated carbocycles. The first-order chi connectivity index (χ1) is 13.7. The molecule has 0 bridgehead atoms. The first-order valence-corrected chi connectivity index (χ1v) is 9.55. The number of amides is 1. The second-order valence-corrected chi connectivity index (χ2v) is 6.97. The fourth-order valence-corrected chi connectivity index (χ4v) is 3.04. The average Bonchev–Trinajstić information content (AvgIpc) is 3.35. The number of aromatic nitrogens is 2. The molecule has 0 fully saturated rings. The van der Waals surface area contributed by atoms with Gasteiger partial charge >= 0.3 is 0 Å². The van der Waals surface area contributed by atoms with Crippen molar-refractivity contribution in [2.75, 3.05) is 17.9 Å². The monoisotopic (exact) mass is 419 g/mol. The highest BCUT2D eigenvalue weighted by atomic mass is 35.5. The molecule has 1 aromatic heterocycles. The van der Waals surface area contributed by atoms with Gasteiger partial charge in [-0.05, 0) is 36.4 Å². The number of hydrogen-bond donors (Lipinski definition) is 1. The molecule has 1 N–H and O–H groups in total. The Hall–Kier alpha value is -2.91. The Morgan fingerprint density at radius 3 is 2.82 bits per heavy atom. The number of nitrogens with zero attached hydrogens (tertiary/aromatic N) is 2. The van der Waals surface area contributed by atoms with E-state index in [0.717, 1.165) is 11.8 Å². The minimum absolute atomic E-state index is 0.119. The third-order valence-electron chi connectivity index (χ3n) is 3.61. The minimum Gasteiger partial charge on any atom is -0.484 e. The largest absolute Gasteiger partial charge is 0.484 e. The maximum Gasteiger partial charge on any atom is 0.277 e. The molecule has 144 valence electrons. The molecule has 0 unspecified atom stereocenters. The summed E-state index contributed by atoms with van der Waals surface area (Å²) in [6.45, 7) is 0.308. The Balaban J connectivity index is 1.24. The molecule has 0 atom stereocenters. The fourth-order valence-electron chi connectivity index (χ4n) is 2.33. The summed E-state index contributed by atoms with van der Waals surface area (Å²) in [7, 11) is 0. The Morgan fingerprint density at radius 1 is 1.14 bits per heavy atom. The van der Waals surface area contributed by atoms with Crippen LogP contribution in [0.25, 0.3) is 0 Å². The number of fused-ring (bicyclic) bond motifs is 1. The summed E-state index contributed by atoms with van der Waals surface area (Å²) >= 11 is 6.96. The van der Waals surface area contributed by atoms with Crippen molar-refractivity contribution in [3.8, 4) is 17.2 Å². The van der Waals surface area contributed by atoms with Crippen LogP contribution in [0.5, 0.6) is 17.2 Å². The van der Waals surface area contributed by atoms with Gasteiger partial charge in [0.1, 0.15) is 5.75 Å². The number of nitrogens with one attached hydrogen (secondary N) is 1. The van der Waals surface area contributed by atoms with Gasteiger partial charge in [-0.1, -0.05) is 23.4 Å². The molecule has 2 heterocycles. The predicted octanol–water partition coefficient (Wildman–Crippen LogP) is 3.76. The summed E-state index contributed by atoms with van der Waals surface area (Å²) < 4.78 is 21.5. The molecular formula is C18H14ClN3O5S. The zero-order valence-corrected chi connectivity index (χ0v) is 16.0. The smallest absolute Gasteiger partial charge is 0.277 e. The van der Waals surface area contributed by atoms with Crippen LogP contribution in [0.2, 0.25) is 5.02 Å². The fraction of sp³-hybridized carbons (Fsp3) is 0.167.